The van der Waals surface area contributed by atoms with Gasteiger partial charge in [0, 0.05) is 30.7 Å². The molecular weight excluding hydrogens is 1130 g/mol. The highest BCUT2D eigenvalue weighted by Gasteiger charge is 2.35. The van der Waals surface area contributed by atoms with Crippen LogP contribution in [0.3, 0.4) is 0 Å². The molecule has 24 heteroatoms. The van der Waals surface area contributed by atoms with Gasteiger partial charge in [0.05, 0.1) is 64.7 Å². The van der Waals surface area contributed by atoms with Crippen molar-refractivity contribution in [3.63, 3.8) is 0 Å². The summed E-state index contributed by atoms with van der Waals surface area (Å²) in [5.41, 5.74) is -0.296. The Morgan fingerprint density at radius 1 is 0.419 bits per heavy atom. The molecule has 4 aliphatic heterocycles. The van der Waals surface area contributed by atoms with E-state index in [2.05, 4.69) is 13.2 Å². The van der Waals surface area contributed by atoms with Crippen molar-refractivity contribution in [3.8, 4) is 46.0 Å². The fraction of sp³-hybridized carbons (Fsp3) is 0.419. The van der Waals surface area contributed by atoms with Gasteiger partial charge in [-0.05, 0) is 112 Å². The predicted octanol–water partition coefficient (Wildman–Crippen LogP) is 7.23. The Morgan fingerprint density at radius 2 is 0.837 bits per heavy atom. The monoisotopic (exact) mass is 1190 g/mol. The van der Waals surface area contributed by atoms with Gasteiger partial charge in [0.2, 0.25) is 6.29 Å². The van der Waals surface area contributed by atoms with Crippen LogP contribution in [0.5, 0.6) is 46.0 Å². The summed E-state index contributed by atoms with van der Waals surface area (Å²) < 4.78 is 88.8. The molecule has 1 aliphatic carbocycles. The van der Waals surface area contributed by atoms with Crippen molar-refractivity contribution in [1.82, 2.24) is 0 Å². The van der Waals surface area contributed by atoms with Gasteiger partial charge < -0.3 is 75.8 Å². The van der Waals surface area contributed by atoms with Crippen molar-refractivity contribution in [3.05, 3.63) is 120 Å². The van der Waals surface area contributed by atoms with Crippen LogP contribution < -0.4 is 37.9 Å². The molecule has 24 nitrogen and oxygen atoms in total. The zero-order chi connectivity index (χ0) is 60.4. The maximum atomic E-state index is 13.9. The lowest BCUT2D eigenvalue weighted by atomic mass is 9.82. The molecule has 4 heterocycles. The fourth-order valence-electron chi connectivity index (χ4n) is 8.52. The van der Waals surface area contributed by atoms with Gasteiger partial charge in [-0.15, -0.1) is 0 Å². The normalized spacial score (nSPS) is 19.5. The molecule has 4 aromatic carbocycles. The molecule has 9 rings (SSSR count). The number of hydrogen-bond acceptors (Lipinski definition) is 24. The first kappa shape index (κ1) is 61.7. The van der Waals surface area contributed by atoms with Crippen LogP contribution in [-0.2, 0) is 57.1 Å². The van der Waals surface area contributed by atoms with E-state index in [1.54, 1.807) is 0 Å². The van der Waals surface area contributed by atoms with Gasteiger partial charge in [0.1, 0.15) is 106 Å². The first-order chi connectivity index (χ1) is 41.8. The average molecular weight is 1190 g/mol. The Hall–Kier alpha value is -8.84. The number of hydrogen-bond donors (Lipinski definition) is 0. The molecule has 1 saturated carbocycles. The van der Waals surface area contributed by atoms with E-state index in [1.165, 1.54) is 72.8 Å². The second-order valence-electron chi connectivity index (χ2n) is 20.2. The van der Waals surface area contributed by atoms with E-state index in [0.29, 0.717) is 70.0 Å². The molecule has 86 heavy (non-hydrogen) atoms. The van der Waals surface area contributed by atoms with Crippen LogP contribution in [0.2, 0.25) is 0 Å². The maximum absolute atomic E-state index is 13.9. The summed E-state index contributed by atoms with van der Waals surface area (Å²) in [4.78, 5) is 104. The molecule has 0 N–H and O–H groups in total. The largest absolute Gasteiger partial charge is 0.494 e. The molecule has 5 fully saturated rings. The lowest BCUT2D eigenvalue weighted by Crippen LogP contribution is -2.33. The summed E-state index contributed by atoms with van der Waals surface area (Å²) in [5.74, 6) is -6.27. The summed E-state index contributed by atoms with van der Waals surface area (Å²) in [5, 5.41) is 0. The smallest absolute Gasteiger partial charge is 0.347 e. The molecule has 4 saturated heterocycles. The highest BCUT2D eigenvalue weighted by Crippen LogP contribution is 2.37. The standard InChI is InChI=1S/C62H64O24/c1-3-54(63)73-24-7-5-22-71-39-15-19-50(48(27-39)59(67)80-35-44-32-77-44)85-61(69)46-17-13-41(29-52(46)79-34-43-31-76-43)82-57(65)37-9-11-38(12-10-37)58(66)83-42-14-18-47(53(30-42)84-56-21-26-75-56)62(70)86-51-20-16-40(72-23-6-8-25-74-55(64)4-2)28-49(51)60(68)81-36-45-33-78-45/h3-4,13-20,27-30,37-38,43-45,56H,1-2,5-12,21-26,31-36H2. The van der Waals surface area contributed by atoms with Gasteiger partial charge in [-0.2, -0.15) is 0 Å². The third-order valence-corrected chi connectivity index (χ3v) is 13.7. The minimum absolute atomic E-state index is 0.00849. The van der Waals surface area contributed by atoms with E-state index in [-0.39, 0.29) is 147 Å². The minimum atomic E-state index is -0.907. The SMILES string of the molecule is C=CC(=O)OCCCCOc1ccc(OC(=O)c2ccc(OC(=O)C3CCC(C(=O)Oc4ccc(C(=O)Oc5ccc(OCCCCOC(=O)C=C)cc5C(=O)OCC5CO5)c(OC5CCO5)c4)CC3)cc2OCC2CO2)c(C(=O)OCC2CO2)c1. The highest BCUT2D eigenvalue weighted by molar-refractivity contribution is 5.99. The van der Waals surface area contributed by atoms with Crippen LogP contribution >= 0.6 is 0 Å². The summed E-state index contributed by atoms with van der Waals surface area (Å²) in [7, 11) is 0. The van der Waals surface area contributed by atoms with Crippen molar-refractivity contribution in [2.24, 2.45) is 11.8 Å². The van der Waals surface area contributed by atoms with E-state index in [9.17, 15) is 38.4 Å². The molecule has 0 bridgehead atoms. The molecule has 0 spiro atoms. The first-order valence-electron chi connectivity index (χ1n) is 28.2. The van der Waals surface area contributed by atoms with E-state index >= 15 is 0 Å². The van der Waals surface area contributed by atoms with Crippen molar-refractivity contribution < 1.29 is 114 Å². The van der Waals surface area contributed by atoms with Crippen LogP contribution in [0.15, 0.2) is 98.1 Å². The van der Waals surface area contributed by atoms with E-state index < -0.39 is 65.9 Å². The van der Waals surface area contributed by atoms with Gasteiger partial charge in [-0.3, -0.25) is 9.59 Å². The van der Waals surface area contributed by atoms with Crippen LogP contribution in [0, 0.1) is 11.8 Å². The summed E-state index contributed by atoms with van der Waals surface area (Å²) in [6.45, 7) is 9.37. The number of benzene rings is 4. The Bertz CT molecular complexity index is 3130. The third-order valence-electron chi connectivity index (χ3n) is 13.7. The predicted molar refractivity (Wildman–Crippen MR) is 294 cm³/mol. The Kier molecular flexibility index (Phi) is 21.7. The number of ether oxygens (including phenoxy) is 16. The molecule has 4 unspecified atom stereocenters. The van der Waals surface area contributed by atoms with Crippen LogP contribution in [0.25, 0.3) is 0 Å². The zero-order valence-corrected chi connectivity index (χ0v) is 46.9. The van der Waals surface area contributed by atoms with Gasteiger partial charge in [-0.25, -0.2) is 28.8 Å². The number of carbonyl (C=O) groups is 8. The highest BCUT2D eigenvalue weighted by atomic mass is 16.7. The number of unbranched alkanes of at least 4 members (excludes halogenated alkanes) is 2. The molecule has 456 valence electrons. The van der Waals surface area contributed by atoms with E-state index in [0.717, 1.165) is 12.2 Å². The Balaban J connectivity index is 0.794. The van der Waals surface area contributed by atoms with Crippen molar-refractivity contribution >= 4 is 47.8 Å². The fourth-order valence-corrected chi connectivity index (χ4v) is 8.52. The number of esters is 8. The van der Waals surface area contributed by atoms with Gasteiger partial charge in [-0.1, -0.05) is 13.2 Å². The van der Waals surface area contributed by atoms with Crippen molar-refractivity contribution in [1.29, 1.82) is 0 Å². The molecular formula is C62H64O24. The third kappa shape index (κ3) is 18.6. The molecule has 0 amide bonds. The Morgan fingerprint density at radius 3 is 1.27 bits per heavy atom. The second-order valence-corrected chi connectivity index (χ2v) is 20.2. The average Bonchev–Trinajstić information content (AvgIpc) is 3.90. The van der Waals surface area contributed by atoms with Crippen molar-refractivity contribution in [2.75, 3.05) is 72.7 Å². The van der Waals surface area contributed by atoms with Crippen LogP contribution in [-0.4, -0.2) is 145 Å². The maximum Gasteiger partial charge on any atom is 0.347 e. The van der Waals surface area contributed by atoms with Gasteiger partial charge in [0.15, 0.2) is 0 Å². The summed E-state index contributed by atoms with van der Waals surface area (Å²) >= 11 is 0. The summed E-state index contributed by atoms with van der Waals surface area (Å²) in [6.07, 6.45) is 4.51. The van der Waals surface area contributed by atoms with E-state index in [4.69, 9.17) is 75.8 Å². The summed E-state index contributed by atoms with van der Waals surface area (Å²) in [6, 6.07) is 16.9. The first-order valence-corrected chi connectivity index (χ1v) is 28.2. The molecule has 0 radical (unpaired) electrons. The minimum Gasteiger partial charge on any atom is -0.494 e. The lowest BCUT2D eigenvalue weighted by molar-refractivity contribution is -0.165. The Labute approximate surface area is 493 Å². The van der Waals surface area contributed by atoms with Gasteiger partial charge >= 0.3 is 47.8 Å². The van der Waals surface area contributed by atoms with Gasteiger partial charge in [0.25, 0.3) is 0 Å². The molecule has 4 aromatic rings. The number of rotatable bonds is 33. The second kappa shape index (κ2) is 30.3. The molecule has 4 atom stereocenters. The lowest BCUT2D eigenvalue weighted by Gasteiger charge is -2.28. The van der Waals surface area contributed by atoms with Crippen molar-refractivity contribution in [2.45, 2.75) is 82.4 Å². The molecule has 5 aliphatic rings. The topological polar surface area (TPSA) is 294 Å². The number of carbonyl (C=O) groups excluding carboxylic acids is 8. The van der Waals surface area contributed by atoms with Crippen LogP contribution in [0.4, 0.5) is 0 Å². The molecule has 0 aromatic heterocycles. The van der Waals surface area contributed by atoms with E-state index in [1.807, 2.05) is 0 Å². The van der Waals surface area contributed by atoms with Crippen LogP contribution in [0.1, 0.15) is 99.2 Å². The number of epoxide rings is 3. The quantitative estimate of drug-likeness (QED) is 0.0113. The zero-order valence-electron chi connectivity index (χ0n) is 46.9.